The van der Waals surface area contributed by atoms with Crippen LogP contribution in [0.3, 0.4) is 0 Å². The smallest absolute Gasteiger partial charge is 0.319 e. The van der Waals surface area contributed by atoms with Gasteiger partial charge in [-0.05, 0) is 48.2 Å². The van der Waals surface area contributed by atoms with Gasteiger partial charge in [-0.25, -0.2) is 4.79 Å². The molecule has 0 saturated carbocycles. The van der Waals surface area contributed by atoms with E-state index >= 15 is 0 Å². The molecule has 10 nitrogen and oxygen atoms in total. The zero-order chi connectivity index (χ0) is 30.5. The molecule has 0 spiro atoms. The van der Waals surface area contributed by atoms with Gasteiger partial charge in [-0.2, -0.15) is 0 Å². The number of likely N-dealkylation sites (N-methyl/N-ethyl adjacent to an activating group) is 1. The standard InChI is InChI=1S/C32H38N4O6/c1-22(2)17-27(26-15-8-9-16-28(26)42-21-30(38)36(3)25-13-6-5-7-14-25)35-29(37)20-33-32(40)34-24-12-10-11-23(18-24)19-31(39)41-4/h5-16,18,22,27H,17,19-21H2,1-4H3,(H,35,37)(H2,33,34,40). The summed E-state index contributed by atoms with van der Waals surface area (Å²) in [5.41, 5.74) is 2.66. The molecule has 0 heterocycles. The summed E-state index contributed by atoms with van der Waals surface area (Å²) in [7, 11) is 3.00. The van der Waals surface area contributed by atoms with Gasteiger partial charge >= 0.3 is 12.0 Å². The third kappa shape index (κ3) is 9.96. The van der Waals surface area contributed by atoms with Gasteiger partial charge in [-0.15, -0.1) is 0 Å². The van der Waals surface area contributed by atoms with E-state index in [1.54, 1.807) is 37.4 Å². The molecule has 4 amide bonds. The van der Waals surface area contributed by atoms with Gasteiger partial charge in [-0.1, -0.05) is 62.4 Å². The first-order valence-corrected chi connectivity index (χ1v) is 13.7. The fourth-order valence-electron chi connectivity index (χ4n) is 4.25. The van der Waals surface area contributed by atoms with E-state index in [2.05, 4.69) is 20.7 Å². The summed E-state index contributed by atoms with van der Waals surface area (Å²) in [6.07, 6.45) is 0.694. The van der Waals surface area contributed by atoms with E-state index in [0.29, 0.717) is 23.4 Å². The Morgan fingerprint density at radius 1 is 0.905 bits per heavy atom. The van der Waals surface area contributed by atoms with Crippen molar-refractivity contribution in [2.45, 2.75) is 32.7 Å². The molecule has 0 bridgehead atoms. The summed E-state index contributed by atoms with van der Waals surface area (Å²) in [5, 5.41) is 8.21. The minimum absolute atomic E-state index is 0.0797. The highest BCUT2D eigenvalue weighted by atomic mass is 16.5. The lowest BCUT2D eigenvalue weighted by Crippen LogP contribution is -2.40. The van der Waals surface area contributed by atoms with Crippen LogP contribution in [0.15, 0.2) is 78.9 Å². The van der Waals surface area contributed by atoms with Crippen molar-refractivity contribution in [2.75, 3.05) is 37.5 Å². The molecule has 0 aliphatic heterocycles. The number of para-hydroxylation sites is 2. The largest absolute Gasteiger partial charge is 0.483 e. The molecule has 10 heteroatoms. The highest BCUT2D eigenvalue weighted by molar-refractivity contribution is 5.94. The Labute approximate surface area is 246 Å². The van der Waals surface area contributed by atoms with Crippen LogP contribution in [0.5, 0.6) is 5.75 Å². The molecule has 0 radical (unpaired) electrons. The molecule has 0 aliphatic rings. The number of urea groups is 1. The maximum atomic E-state index is 12.9. The summed E-state index contributed by atoms with van der Waals surface area (Å²) >= 11 is 0. The number of amides is 4. The van der Waals surface area contributed by atoms with Crippen molar-refractivity contribution in [3.63, 3.8) is 0 Å². The first-order chi connectivity index (χ1) is 20.2. The van der Waals surface area contributed by atoms with Crippen molar-refractivity contribution < 1.29 is 28.7 Å². The third-order valence-corrected chi connectivity index (χ3v) is 6.38. The predicted octanol–water partition coefficient (Wildman–Crippen LogP) is 4.47. The van der Waals surface area contributed by atoms with Gasteiger partial charge in [0.1, 0.15) is 5.75 Å². The number of nitrogens with zero attached hydrogens (tertiary/aromatic N) is 1. The monoisotopic (exact) mass is 574 g/mol. The second-order valence-corrected chi connectivity index (χ2v) is 10.1. The van der Waals surface area contributed by atoms with Crippen molar-refractivity contribution >= 4 is 35.2 Å². The minimum Gasteiger partial charge on any atom is -0.483 e. The van der Waals surface area contributed by atoms with Crippen molar-refractivity contribution in [3.8, 4) is 5.75 Å². The summed E-state index contributed by atoms with van der Waals surface area (Å²) < 4.78 is 10.6. The number of hydrogen-bond donors (Lipinski definition) is 3. The molecule has 222 valence electrons. The average molecular weight is 575 g/mol. The number of ether oxygens (including phenoxy) is 2. The van der Waals surface area contributed by atoms with Crippen LogP contribution in [0, 0.1) is 5.92 Å². The minimum atomic E-state index is -0.564. The molecule has 3 aromatic rings. The van der Waals surface area contributed by atoms with Gasteiger partial charge in [-0.3, -0.25) is 14.4 Å². The maximum Gasteiger partial charge on any atom is 0.319 e. The van der Waals surface area contributed by atoms with Crippen molar-refractivity contribution in [1.29, 1.82) is 0 Å². The molecule has 0 fully saturated rings. The fraction of sp³-hybridized carbons (Fsp3) is 0.312. The number of carbonyl (C=O) groups is 4. The van der Waals surface area contributed by atoms with E-state index in [4.69, 9.17) is 4.74 Å². The molecule has 0 saturated heterocycles. The van der Waals surface area contributed by atoms with Gasteiger partial charge in [0.25, 0.3) is 5.91 Å². The van der Waals surface area contributed by atoms with Gasteiger partial charge < -0.3 is 30.3 Å². The van der Waals surface area contributed by atoms with Crippen molar-refractivity contribution in [1.82, 2.24) is 10.6 Å². The molecule has 1 unspecified atom stereocenters. The lowest BCUT2D eigenvalue weighted by molar-refractivity contribution is -0.139. The number of nitrogens with one attached hydrogen (secondary N) is 3. The summed E-state index contributed by atoms with van der Waals surface area (Å²) in [5.74, 6) is -0.253. The van der Waals surface area contributed by atoms with E-state index in [9.17, 15) is 19.2 Å². The molecule has 1 atom stereocenters. The zero-order valence-corrected chi connectivity index (χ0v) is 24.4. The number of carbonyl (C=O) groups excluding carboxylic acids is 4. The Bertz CT molecular complexity index is 1360. The van der Waals surface area contributed by atoms with Gasteiger partial charge in [0.2, 0.25) is 5.91 Å². The first-order valence-electron chi connectivity index (χ1n) is 13.7. The second-order valence-electron chi connectivity index (χ2n) is 10.1. The highest BCUT2D eigenvalue weighted by Crippen LogP contribution is 2.29. The summed E-state index contributed by atoms with van der Waals surface area (Å²) in [6.45, 7) is 3.65. The van der Waals surface area contributed by atoms with Crippen LogP contribution >= 0.6 is 0 Å². The average Bonchev–Trinajstić information content (AvgIpc) is 2.98. The number of methoxy groups -OCH3 is 1. The second kappa shape index (κ2) is 15.8. The van der Waals surface area contributed by atoms with E-state index in [-0.39, 0.29) is 43.3 Å². The molecule has 0 aromatic heterocycles. The summed E-state index contributed by atoms with van der Waals surface area (Å²) in [4.78, 5) is 51.2. The fourth-order valence-corrected chi connectivity index (χ4v) is 4.25. The number of rotatable bonds is 13. The lowest BCUT2D eigenvalue weighted by atomic mass is 9.96. The lowest BCUT2D eigenvalue weighted by Gasteiger charge is -2.24. The Hall–Kier alpha value is -4.86. The first kappa shape index (κ1) is 31.7. The summed E-state index contributed by atoms with van der Waals surface area (Å²) in [6, 6.07) is 22.4. The van der Waals surface area contributed by atoms with Crippen LogP contribution in [0.2, 0.25) is 0 Å². The van der Waals surface area contributed by atoms with E-state index < -0.39 is 12.1 Å². The SMILES string of the molecule is COC(=O)Cc1cccc(NC(=O)NCC(=O)NC(CC(C)C)c2ccccc2OCC(=O)N(C)c2ccccc2)c1. The highest BCUT2D eigenvalue weighted by Gasteiger charge is 2.21. The van der Waals surface area contributed by atoms with Crippen LogP contribution in [0.25, 0.3) is 0 Å². The predicted molar refractivity (Wildman–Crippen MR) is 161 cm³/mol. The molecule has 3 aromatic carbocycles. The molecule has 3 rings (SSSR count). The molecule has 42 heavy (non-hydrogen) atoms. The molecular weight excluding hydrogens is 536 g/mol. The Morgan fingerprint density at radius 2 is 1.62 bits per heavy atom. The Morgan fingerprint density at radius 3 is 2.33 bits per heavy atom. The third-order valence-electron chi connectivity index (χ3n) is 6.38. The molecule has 3 N–H and O–H groups in total. The van der Waals surface area contributed by atoms with E-state index in [0.717, 1.165) is 11.3 Å². The van der Waals surface area contributed by atoms with Crippen LogP contribution in [-0.4, -0.2) is 51.1 Å². The molecular formula is C32H38N4O6. The Kier molecular flexibility index (Phi) is 11.9. The van der Waals surface area contributed by atoms with E-state index in [1.807, 2.05) is 62.4 Å². The van der Waals surface area contributed by atoms with Crippen molar-refractivity contribution in [2.24, 2.45) is 5.92 Å². The molecule has 0 aliphatic carbocycles. The topological polar surface area (TPSA) is 126 Å². The van der Waals surface area contributed by atoms with Crippen molar-refractivity contribution in [3.05, 3.63) is 90.0 Å². The Balaban J connectivity index is 1.60. The van der Waals surface area contributed by atoms with Crippen LogP contribution in [0.4, 0.5) is 16.2 Å². The number of anilines is 2. The maximum absolute atomic E-state index is 12.9. The van der Waals surface area contributed by atoms with E-state index in [1.165, 1.54) is 12.0 Å². The van der Waals surface area contributed by atoms with Crippen LogP contribution in [0.1, 0.15) is 37.4 Å². The van der Waals surface area contributed by atoms with Gasteiger partial charge in [0.15, 0.2) is 6.61 Å². The zero-order valence-electron chi connectivity index (χ0n) is 24.4. The van der Waals surface area contributed by atoms with Crippen LogP contribution < -0.4 is 25.6 Å². The normalized spacial score (nSPS) is 11.3. The number of esters is 1. The van der Waals surface area contributed by atoms with Crippen LogP contribution in [-0.2, 0) is 25.5 Å². The number of hydrogen-bond acceptors (Lipinski definition) is 6. The number of benzene rings is 3. The van der Waals surface area contributed by atoms with Gasteiger partial charge in [0, 0.05) is 24.0 Å². The quantitative estimate of drug-likeness (QED) is 0.259. The van der Waals surface area contributed by atoms with Gasteiger partial charge in [0.05, 0.1) is 26.1 Å².